The molecule has 20 N–H and O–H groups in total. The van der Waals surface area contributed by atoms with Crippen molar-refractivity contribution in [3.8, 4) is 0 Å². The zero-order valence-electron chi connectivity index (χ0n) is 59.5. The van der Waals surface area contributed by atoms with E-state index in [4.69, 9.17) is 22.9 Å². The van der Waals surface area contributed by atoms with Crippen LogP contribution >= 0.6 is 15.9 Å². The van der Waals surface area contributed by atoms with Gasteiger partial charge in [0.2, 0.25) is 77.3 Å². The van der Waals surface area contributed by atoms with Gasteiger partial charge in [-0.25, -0.2) is 4.18 Å². The molecule has 12 unspecified atom stereocenters. The summed E-state index contributed by atoms with van der Waals surface area (Å²) < 4.78 is 39.2. The van der Waals surface area contributed by atoms with E-state index >= 15 is 9.59 Å². The zero-order valence-corrected chi connectivity index (χ0v) is 61.9. The number of carbonyl (C=O) groups excluding carboxylic acids is 13. The van der Waals surface area contributed by atoms with E-state index in [9.17, 15) is 70.8 Å². The molecule has 2 heterocycles. The smallest absolute Gasteiger partial charge is 0.391 e. The van der Waals surface area contributed by atoms with Gasteiger partial charge < -0.3 is 90.7 Å². The summed E-state index contributed by atoms with van der Waals surface area (Å²) in [5.74, 6) is -12.7. The Labute approximate surface area is 615 Å². The number of fused-ring (bicyclic) bond motifs is 1. The van der Waals surface area contributed by atoms with Crippen LogP contribution in [-0.4, -0.2) is 215 Å². The number of nitrogens with zero attached hydrogens (tertiary/aromatic N) is 3. The maximum Gasteiger partial charge on any atom is 0.397 e. The molecule has 574 valence electrons. The third-order valence-electron chi connectivity index (χ3n) is 17.3. The number of rotatable bonds is 40. The number of aliphatic imine (C=N–C) groups is 1. The minimum Gasteiger partial charge on any atom is -0.391 e. The Bertz CT molecular complexity index is 3890. The largest absolute Gasteiger partial charge is 0.397 e. The van der Waals surface area contributed by atoms with E-state index in [0.717, 1.165) is 23.3 Å². The first-order valence-corrected chi connectivity index (χ1v) is 35.9. The van der Waals surface area contributed by atoms with Crippen molar-refractivity contribution in [2.45, 2.75) is 179 Å². The first-order chi connectivity index (χ1) is 49.3. The lowest BCUT2D eigenvalue weighted by atomic mass is 9.85. The quantitative estimate of drug-likeness (QED) is 0.00719. The fourth-order valence-electron chi connectivity index (χ4n) is 11.5. The molecule has 1 saturated heterocycles. The second-order valence-corrected chi connectivity index (χ2v) is 28.9. The number of halogens is 1. The predicted molar refractivity (Wildman–Crippen MR) is 386 cm³/mol. The number of amides is 13. The number of primary amides is 2. The molecule has 0 bridgehead atoms. The van der Waals surface area contributed by atoms with Crippen LogP contribution < -0.4 is 70.8 Å². The van der Waals surface area contributed by atoms with Gasteiger partial charge in [-0.1, -0.05) is 111 Å². The molecule has 35 nitrogen and oxygen atoms in total. The van der Waals surface area contributed by atoms with Crippen molar-refractivity contribution in [1.82, 2.24) is 62.6 Å². The highest BCUT2D eigenvalue weighted by Gasteiger charge is 2.43. The average molecular weight is 1550 g/mol. The Morgan fingerprint density at radius 1 is 0.695 bits per heavy atom. The van der Waals surface area contributed by atoms with Crippen molar-refractivity contribution in [3.05, 3.63) is 106 Å². The van der Waals surface area contributed by atoms with Crippen LogP contribution in [0.2, 0.25) is 0 Å². The van der Waals surface area contributed by atoms with Gasteiger partial charge in [-0.15, -0.1) is 0 Å². The SMILES string of the molecule is CC(NC=O)C(=O)NC(Cc1ccc(Br)cc1)C(=O)N1CCCC1C(=O)NC(C(=O)NC(C(=O)NC(Cc1c[nH]c2ccccc12)C(=O)NC(CCCN=C(N)N)C(=O)NC(COS(=O)(=O)O)C(=O)NC(C(=O)N(C)C(CCC(N)=O)C(=O)NC(Cc1ccccc1)C(N)=O)C(C)O)C(C)(C)C)C(C)C. The summed E-state index contributed by atoms with van der Waals surface area (Å²) in [5, 5.41) is 34.5. The van der Waals surface area contributed by atoms with Crippen molar-refractivity contribution in [2.75, 3.05) is 26.7 Å². The molecular weight excluding hydrogens is 1450 g/mol. The molecule has 1 fully saturated rings. The average Bonchev–Trinajstić information content (AvgIpc) is 1.79. The normalized spacial score (nSPS) is 16.1. The van der Waals surface area contributed by atoms with Gasteiger partial charge >= 0.3 is 10.4 Å². The molecule has 3 aromatic carbocycles. The van der Waals surface area contributed by atoms with Crippen LogP contribution in [0.4, 0.5) is 0 Å². The molecule has 105 heavy (non-hydrogen) atoms. The van der Waals surface area contributed by atoms with Crippen LogP contribution in [0.15, 0.2) is 94.5 Å². The number of aliphatic hydroxyl groups excluding tert-OH is 1. The second-order valence-electron chi connectivity index (χ2n) is 26.9. The molecule has 0 spiro atoms. The maximum atomic E-state index is 15.1. The van der Waals surface area contributed by atoms with E-state index in [2.05, 4.69) is 77.9 Å². The highest BCUT2D eigenvalue weighted by Crippen LogP contribution is 2.25. The topological polar surface area (TPSA) is 553 Å². The van der Waals surface area contributed by atoms with Gasteiger partial charge in [0.05, 0.1) is 12.7 Å². The number of aromatic amines is 1. The van der Waals surface area contributed by atoms with Crippen LogP contribution in [0.3, 0.4) is 0 Å². The highest BCUT2D eigenvalue weighted by atomic mass is 79.9. The maximum absolute atomic E-state index is 15.1. The summed E-state index contributed by atoms with van der Waals surface area (Å²) in [6.45, 7) is 9.13. The number of aliphatic hydroxyl groups is 1. The number of nitrogens with one attached hydrogen (secondary N) is 10. The summed E-state index contributed by atoms with van der Waals surface area (Å²) in [6.07, 6.45) is -1.20. The van der Waals surface area contributed by atoms with Crippen molar-refractivity contribution in [2.24, 2.45) is 39.3 Å². The van der Waals surface area contributed by atoms with Gasteiger partial charge in [-0.2, -0.15) is 8.42 Å². The number of carbonyl (C=O) groups is 13. The third-order valence-corrected chi connectivity index (χ3v) is 18.2. The summed E-state index contributed by atoms with van der Waals surface area (Å²) in [4.78, 5) is 190. The molecule has 0 saturated carbocycles. The molecule has 1 aromatic heterocycles. The van der Waals surface area contributed by atoms with E-state index in [1.807, 2.05) is 0 Å². The first kappa shape index (κ1) is 85.5. The number of aromatic nitrogens is 1. The number of nitrogens with two attached hydrogens (primary N) is 4. The number of para-hydroxylation sites is 1. The van der Waals surface area contributed by atoms with Gasteiger partial charge in [0, 0.05) is 67.4 Å². The number of hydrogen-bond donors (Lipinski definition) is 16. The minimum absolute atomic E-state index is 0.0123. The Hall–Kier alpha value is -10.1. The number of guanidine groups is 1. The van der Waals surface area contributed by atoms with Gasteiger partial charge in [0.15, 0.2) is 5.96 Å². The van der Waals surface area contributed by atoms with Gasteiger partial charge in [0.25, 0.3) is 0 Å². The van der Waals surface area contributed by atoms with E-state index < -0.39 is 185 Å². The Kier molecular flexibility index (Phi) is 32.3. The standard InChI is InChI=1S/C68H96BrN17O18S/c1-36(2)53(82-62(96)51-21-15-29-86(51)65(99)48(80-57(91)37(3)76-35-87)31-40-22-24-42(69)25-23-40)63(97)84-55(68(5,6)7)64(98)79-47(32-41-33-75-44-19-13-12-18-43(41)44)59(93)77-45(20-14-28-74-67(72)73)58(92)81-49(34-104-105(101,102)103)60(94)83-54(38(4)88)66(100)85(8)50(26-27-52(70)89)61(95)78-46(56(71)90)30-39-16-10-9-11-17-39/h9-13,16-19,22-25,33,35-38,45-51,53-55,75,88H,14-15,20-21,26-32,34H2,1-8H3,(H2,70,89)(H2,71,90)(H,76,87)(H,77,93)(H,78,95)(H,79,98)(H,80,91)(H,81,92)(H,82,96)(H,83,94)(H,84,97)(H4,72,73,74)(H,101,102,103). The minimum atomic E-state index is -5.43. The molecule has 1 aliphatic rings. The van der Waals surface area contributed by atoms with Crippen molar-refractivity contribution in [3.63, 3.8) is 0 Å². The molecule has 37 heteroatoms. The summed E-state index contributed by atoms with van der Waals surface area (Å²) >= 11 is 3.39. The molecule has 4 aromatic rings. The second kappa shape index (κ2) is 39.7. The van der Waals surface area contributed by atoms with E-state index in [0.29, 0.717) is 40.4 Å². The fourth-order valence-corrected chi connectivity index (χ4v) is 12.1. The molecule has 1 aliphatic heterocycles. The number of likely N-dealkylation sites (tertiary alicyclic amines) is 1. The van der Waals surface area contributed by atoms with Crippen LogP contribution in [0.25, 0.3) is 10.9 Å². The summed E-state index contributed by atoms with van der Waals surface area (Å²) in [7, 11) is -4.37. The van der Waals surface area contributed by atoms with Crippen LogP contribution in [0.5, 0.6) is 0 Å². The summed E-state index contributed by atoms with van der Waals surface area (Å²) in [5.41, 5.74) is 23.4. The fraction of sp³-hybridized carbons (Fsp3) is 0.500. The highest BCUT2D eigenvalue weighted by molar-refractivity contribution is 9.10. The molecule has 0 radical (unpaired) electrons. The van der Waals surface area contributed by atoms with Crippen molar-refractivity contribution in [1.29, 1.82) is 0 Å². The van der Waals surface area contributed by atoms with E-state index in [1.54, 1.807) is 120 Å². The van der Waals surface area contributed by atoms with Gasteiger partial charge in [-0.05, 0) is 92.2 Å². The lowest BCUT2D eigenvalue weighted by molar-refractivity contribution is -0.145. The first-order valence-electron chi connectivity index (χ1n) is 33.8. The van der Waals surface area contributed by atoms with Gasteiger partial charge in [-0.3, -0.25) is 71.9 Å². The molecule has 5 rings (SSSR count). The molecule has 0 aliphatic carbocycles. The lowest BCUT2D eigenvalue weighted by Gasteiger charge is -2.34. The van der Waals surface area contributed by atoms with Crippen molar-refractivity contribution >= 4 is 120 Å². The van der Waals surface area contributed by atoms with Gasteiger partial charge in [0.1, 0.15) is 66.5 Å². The number of likely N-dealkylation sites (N-methyl/N-ethyl adjacent to an activating group) is 1. The van der Waals surface area contributed by atoms with Crippen LogP contribution in [0.1, 0.15) is 104 Å². The number of H-pyrrole nitrogens is 1. The number of hydrogen-bond acceptors (Lipinski definition) is 18. The monoisotopic (exact) mass is 1550 g/mol. The van der Waals surface area contributed by atoms with Crippen LogP contribution in [0, 0.1) is 11.3 Å². The third kappa shape index (κ3) is 26.5. The Morgan fingerprint density at radius 2 is 1.28 bits per heavy atom. The van der Waals surface area contributed by atoms with Crippen molar-refractivity contribution < 1.29 is 84.6 Å². The molecule has 12 atom stereocenters. The Morgan fingerprint density at radius 3 is 1.88 bits per heavy atom. The van der Waals surface area contributed by atoms with Crippen LogP contribution in [-0.2, 0) is 96.2 Å². The summed E-state index contributed by atoms with van der Waals surface area (Å²) in [6, 6.07) is 5.45. The predicted octanol–water partition coefficient (Wildman–Crippen LogP) is -2.50. The lowest BCUT2D eigenvalue weighted by Crippen LogP contribution is -2.63. The molecular formula is C68H96BrN17O18S. The van der Waals surface area contributed by atoms with E-state index in [1.165, 1.54) is 11.8 Å². The number of benzene rings is 3. The van der Waals surface area contributed by atoms with E-state index in [-0.39, 0.29) is 57.6 Å². The zero-order chi connectivity index (χ0) is 78.2. The Balaban J connectivity index is 1.44. The molecule has 13 amide bonds.